The lowest BCUT2D eigenvalue weighted by Gasteiger charge is -2.21. The van der Waals surface area contributed by atoms with Gasteiger partial charge in [-0.1, -0.05) is 0 Å². The van der Waals surface area contributed by atoms with E-state index in [4.69, 9.17) is 4.74 Å². The SMILES string of the molecule is CCNC(=O)Nc1nc2c(C3CCCO3)c(F)c(-c3cnc4c(c3)CCC(O)C4)cc2[nH]1. The van der Waals surface area contributed by atoms with Crippen LogP contribution in [0.5, 0.6) is 0 Å². The van der Waals surface area contributed by atoms with Crippen LogP contribution >= 0.6 is 0 Å². The van der Waals surface area contributed by atoms with Crippen LogP contribution in [0, 0.1) is 5.82 Å². The molecule has 9 heteroatoms. The minimum Gasteiger partial charge on any atom is -0.393 e. The van der Waals surface area contributed by atoms with Crippen LogP contribution in [-0.2, 0) is 17.6 Å². The van der Waals surface area contributed by atoms with E-state index in [1.54, 1.807) is 12.3 Å². The molecule has 1 fully saturated rings. The molecule has 0 spiro atoms. The van der Waals surface area contributed by atoms with Gasteiger partial charge in [-0.15, -0.1) is 0 Å². The third-order valence-electron chi connectivity index (χ3n) is 6.12. The molecule has 3 aromatic rings. The number of carbonyl (C=O) groups excluding carboxylic acids is 1. The zero-order valence-corrected chi connectivity index (χ0v) is 17.9. The highest BCUT2D eigenvalue weighted by Gasteiger charge is 2.28. The number of aromatic nitrogens is 3. The van der Waals surface area contributed by atoms with Gasteiger partial charge in [0.25, 0.3) is 0 Å². The number of fused-ring (bicyclic) bond motifs is 2. The molecule has 1 saturated heterocycles. The Morgan fingerprint density at radius 2 is 2.25 bits per heavy atom. The monoisotopic (exact) mass is 439 g/mol. The highest BCUT2D eigenvalue weighted by atomic mass is 19.1. The number of ether oxygens (including phenoxy) is 1. The van der Waals surface area contributed by atoms with Gasteiger partial charge in [-0.3, -0.25) is 10.3 Å². The molecule has 5 rings (SSSR count). The van der Waals surface area contributed by atoms with E-state index in [0.29, 0.717) is 66.6 Å². The number of rotatable bonds is 4. The minimum atomic E-state index is -0.390. The molecule has 0 saturated carbocycles. The number of benzene rings is 1. The molecule has 2 amide bonds. The van der Waals surface area contributed by atoms with Crippen LogP contribution in [0.4, 0.5) is 15.1 Å². The van der Waals surface area contributed by atoms with Crippen LogP contribution in [0.3, 0.4) is 0 Å². The summed E-state index contributed by atoms with van der Waals surface area (Å²) in [5.41, 5.74) is 4.47. The van der Waals surface area contributed by atoms with Crippen LogP contribution in [0.25, 0.3) is 22.2 Å². The fraction of sp³-hybridized carbons (Fsp3) is 0.435. The normalized spacial score (nSPS) is 20.3. The molecular weight excluding hydrogens is 413 g/mol. The number of amides is 2. The molecular formula is C23H26FN5O3. The van der Waals surface area contributed by atoms with Crippen molar-refractivity contribution in [3.05, 3.63) is 41.0 Å². The third-order valence-corrected chi connectivity index (χ3v) is 6.12. The number of hydrogen-bond donors (Lipinski definition) is 4. The number of pyridine rings is 1. The van der Waals surface area contributed by atoms with Gasteiger partial charge in [0, 0.05) is 48.2 Å². The first-order valence-electron chi connectivity index (χ1n) is 11.1. The summed E-state index contributed by atoms with van der Waals surface area (Å²) >= 11 is 0. The minimum absolute atomic E-state index is 0.249. The van der Waals surface area contributed by atoms with Crippen LogP contribution < -0.4 is 10.6 Å². The van der Waals surface area contributed by atoms with E-state index in [9.17, 15) is 9.90 Å². The molecule has 2 aliphatic rings. The molecule has 1 aliphatic carbocycles. The summed E-state index contributed by atoms with van der Waals surface area (Å²) in [5, 5.41) is 15.2. The van der Waals surface area contributed by atoms with Crippen molar-refractivity contribution in [3.8, 4) is 11.1 Å². The van der Waals surface area contributed by atoms with Crippen molar-refractivity contribution in [1.82, 2.24) is 20.3 Å². The van der Waals surface area contributed by atoms with Crippen molar-refractivity contribution < 1.29 is 19.0 Å². The summed E-state index contributed by atoms with van der Waals surface area (Å²) in [6.07, 6.45) is 4.37. The number of aliphatic hydroxyl groups is 1. The number of carbonyl (C=O) groups is 1. The second-order valence-corrected chi connectivity index (χ2v) is 8.35. The van der Waals surface area contributed by atoms with Crippen LogP contribution in [0.1, 0.15) is 49.1 Å². The number of anilines is 1. The van der Waals surface area contributed by atoms with Crippen molar-refractivity contribution in [2.24, 2.45) is 0 Å². The summed E-state index contributed by atoms with van der Waals surface area (Å²) in [6, 6.07) is 3.29. The van der Waals surface area contributed by atoms with E-state index in [-0.39, 0.29) is 30.0 Å². The first-order chi connectivity index (χ1) is 15.5. The third kappa shape index (κ3) is 3.82. The highest BCUT2D eigenvalue weighted by molar-refractivity contribution is 5.92. The molecule has 1 aliphatic heterocycles. The van der Waals surface area contributed by atoms with Gasteiger partial charge in [-0.25, -0.2) is 14.2 Å². The fourth-order valence-electron chi connectivity index (χ4n) is 4.57. The predicted molar refractivity (Wildman–Crippen MR) is 118 cm³/mol. The topological polar surface area (TPSA) is 112 Å². The van der Waals surface area contributed by atoms with Gasteiger partial charge >= 0.3 is 6.03 Å². The van der Waals surface area contributed by atoms with Gasteiger partial charge in [-0.2, -0.15) is 0 Å². The molecule has 32 heavy (non-hydrogen) atoms. The van der Waals surface area contributed by atoms with E-state index in [1.807, 2.05) is 13.0 Å². The molecule has 0 radical (unpaired) electrons. The standard InChI is InChI=1S/C23H26FN5O3/c1-2-25-23(31)29-22-27-17-10-15(13-8-12-5-6-14(30)9-16(12)26-11-13)20(24)19(21(17)28-22)18-4-3-7-32-18/h8,10-11,14,18,30H,2-7,9H2,1H3,(H3,25,27,28,29,31). The second-order valence-electron chi connectivity index (χ2n) is 8.35. The summed E-state index contributed by atoms with van der Waals surface area (Å²) < 4.78 is 21.7. The van der Waals surface area contributed by atoms with E-state index in [0.717, 1.165) is 17.7 Å². The Bertz CT molecular complexity index is 1170. The number of H-pyrrole nitrogens is 1. The van der Waals surface area contributed by atoms with Crippen molar-refractivity contribution >= 4 is 23.0 Å². The molecule has 2 atom stereocenters. The number of nitrogens with zero attached hydrogens (tertiary/aromatic N) is 2. The summed E-state index contributed by atoms with van der Waals surface area (Å²) in [6.45, 7) is 2.88. The molecule has 0 bridgehead atoms. The van der Waals surface area contributed by atoms with Gasteiger partial charge in [-0.05, 0) is 50.3 Å². The number of urea groups is 1. The summed E-state index contributed by atoms with van der Waals surface area (Å²) in [5.74, 6) is -0.127. The lowest BCUT2D eigenvalue weighted by atomic mass is 9.91. The number of imidazole rings is 1. The second kappa shape index (κ2) is 8.48. The van der Waals surface area contributed by atoms with E-state index in [2.05, 4.69) is 25.6 Å². The smallest absolute Gasteiger partial charge is 0.321 e. The van der Waals surface area contributed by atoms with Gasteiger partial charge < -0.3 is 20.1 Å². The summed E-state index contributed by atoms with van der Waals surface area (Å²) in [7, 11) is 0. The average Bonchev–Trinajstić information content (AvgIpc) is 3.43. The number of aromatic amines is 1. The molecule has 2 unspecified atom stereocenters. The highest BCUT2D eigenvalue weighted by Crippen LogP contribution is 2.40. The van der Waals surface area contributed by atoms with Gasteiger partial charge in [0.1, 0.15) is 5.82 Å². The maximum Gasteiger partial charge on any atom is 0.321 e. The lowest BCUT2D eigenvalue weighted by Crippen LogP contribution is -2.28. The molecule has 168 valence electrons. The fourth-order valence-corrected chi connectivity index (χ4v) is 4.57. The largest absolute Gasteiger partial charge is 0.393 e. The van der Waals surface area contributed by atoms with Gasteiger partial charge in [0.05, 0.1) is 23.2 Å². The van der Waals surface area contributed by atoms with Crippen LogP contribution in [0.15, 0.2) is 18.3 Å². The molecule has 3 heterocycles. The number of aliphatic hydroxyl groups excluding tert-OH is 1. The maximum atomic E-state index is 15.9. The zero-order chi connectivity index (χ0) is 22.2. The van der Waals surface area contributed by atoms with Crippen LogP contribution in [0.2, 0.25) is 0 Å². The molecule has 2 aromatic heterocycles. The number of hydrogen-bond acceptors (Lipinski definition) is 5. The Kier molecular flexibility index (Phi) is 5.52. The summed E-state index contributed by atoms with van der Waals surface area (Å²) in [4.78, 5) is 24.0. The Morgan fingerprint density at radius 3 is 3.03 bits per heavy atom. The van der Waals surface area contributed by atoms with Crippen molar-refractivity contribution in [2.75, 3.05) is 18.5 Å². The first kappa shape index (κ1) is 20.8. The zero-order valence-electron chi connectivity index (χ0n) is 17.9. The molecule has 1 aromatic carbocycles. The lowest BCUT2D eigenvalue weighted by molar-refractivity contribution is 0.110. The van der Waals surface area contributed by atoms with E-state index < -0.39 is 0 Å². The van der Waals surface area contributed by atoms with Crippen molar-refractivity contribution in [3.63, 3.8) is 0 Å². The predicted octanol–water partition coefficient (Wildman–Crippen LogP) is 3.61. The number of halogens is 1. The van der Waals surface area contributed by atoms with Crippen molar-refractivity contribution in [1.29, 1.82) is 0 Å². The van der Waals surface area contributed by atoms with Crippen molar-refractivity contribution in [2.45, 2.75) is 51.2 Å². The van der Waals surface area contributed by atoms with Crippen LogP contribution in [-0.4, -0.2) is 45.3 Å². The number of nitrogens with one attached hydrogen (secondary N) is 3. The van der Waals surface area contributed by atoms with Gasteiger partial charge in [0.2, 0.25) is 5.95 Å². The Labute approximate surface area is 184 Å². The quantitative estimate of drug-likeness (QED) is 0.496. The number of aryl methyl sites for hydroxylation is 1. The Balaban J connectivity index is 1.61. The average molecular weight is 439 g/mol. The maximum absolute atomic E-state index is 15.9. The molecule has 4 N–H and O–H groups in total. The van der Waals surface area contributed by atoms with E-state index in [1.165, 1.54) is 0 Å². The Hall–Kier alpha value is -3.04. The van der Waals surface area contributed by atoms with E-state index >= 15 is 4.39 Å². The Morgan fingerprint density at radius 1 is 1.38 bits per heavy atom. The first-order valence-corrected chi connectivity index (χ1v) is 11.1. The molecule has 8 nitrogen and oxygen atoms in total. The van der Waals surface area contributed by atoms with Gasteiger partial charge in [0.15, 0.2) is 0 Å².